The van der Waals surface area contributed by atoms with E-state index < -0.39 is 0 Å². The Bertz CT molecular complexity index is 714. The summed E-state index contributed by atoms with van der Waals surface area (Å²) >= 11 is 1.78. The molecule has 0 spiro atoms. The third-order valence-electron chi connectivity index (χ3n) is 4.23. The molecule has 0 unspecified atom stereocenters. The van der Waals surface area contributed by atoms with Crippen LogP contribution in [0, 0.1) is 0 Å². The first kappa shape index (κ1) is 16.6. The van der Waals surface area contributed by atoms with Crippen molar-refractivity contribution in [3.05, 3.63) is 45.6 Å². The topological polar surface area (TPSA) is 50.8 Å². The van der Waals surface area contributed by atoms with Crippen molar-refractivity contribution < 1.29 is 14.3 Å². The highest BCUT2D eigenvalue weighted by Gasteiger charge is 2.20. The second kappa shape index (κ2) is 7.57. The summed E-state index contributed by atoms with van der Waals surface area (Å²) in [6.45, 7) is 2.10. The van der Waals surface area contributed by atoms with Crippen LogP contribution in [0.15, 0.2) is 29.6 Å². The highest BCUT2D eigenvalue weighted by atomic mass is 32.1. The molecule has 1 aliphatic rings. The summed E-state index contributed by atoms with van der Waals surface area (Å²) in [5.74, 6) is 1.42. The summed E-state index contributed by atoms with van der Waals surface area (Å²) < 4.78 is 10.5. The average molecular weight is 346 g/mol. The highest BCUT2D eigenvalue weighted by molar-refractivity contribution is 7.10. The molecule has 0 atom stereocenters. The minimum absolute atomic E-state index is 0.00678. The quantitative estimate of drug-likeness (QED) is 0.905. The lowest BCUT2D eigenvalue weighted by atomic mass is 10.1. The lowest BCUT2D eigenvalue weighted by molar-refractivity contribution is 0.193. The van der Waals surface area contributed by atoms with E-state index in [2.05, 4.69) is 16.8 Å². The SMILES string of the molecule is COc1ccc(CCNC(=O)N2CCc3sccc3C2)cc1OC. The van der Waals surface area contributed by atoms with Gasteiger partial charge in [-0.3, -0.25) is 0 Å². The second-order valence-corrected chi connectivity index (χ2v) is 6.71. The van der Waals surface area contributed by atoms with Crippen LogP contribution in [0.25, 0.3) is 0 Å². The van der Waals surface area contributed by atoms with Gasteiger partial charge < -0.3 is 19.7 Å². The molecule has 1 aliphatic heterocycles. The van der Waals surface area contributed by atoms with Crippen LogP contribution in [0.4, 0.5) is 4.79 Å². The molecule has 0 fully saturated rings. The highest BCUT2D eigenvalue weighted by Crippen LogP contribution is 2.27. The van der Waals surface area contributed by atoms with Crippen LogP contribution in [-0.4, -0.2) is 38.2 Å². The van der Waals surface area contributed by atoms with E-state index in [4.69, 9.17) is 9.47 Å². The molecule has 6 heteroatoms. The fourth-order valence-electron chi connectivity index (χ4n) is 2.88. The van der Waals surface area contributed by atoms with E-state index in [-0.39, 0.29) is 6.03 Å². The van der Waals surface area contributed by atoms with Gasteiger partial charge in [0, 0.05) is 24.5 Å². The molecule has 1 aromatic carbocycles. The number of hydrogen-bond donors (Lipinski definition) is 1. The van der Waals surface area contributed by atoms with E-state index in [1.165, 1.54) is 10.4 Å². The lowest BCUT2D eigenvalue weighted by Crippen LogP contribution is -2.43. The number of carbonyl (C=O) groups is 1. The number of rotatable bonds is 5. The van der Waals surface area contributed by atoms with Crippen LogP contribution >= 0.6 is 11.3 Å². The van der Waals surface area contributed by atoms with Crippen LogP contribution in [-0.2, 0) is 19.4 Å². The van der Waals surface area contributed by atoms with Gasteiger partial charge in [0.1, 0.15) is 0 Å². The predicted molar refractivity (Wildman–Crippen MR) is 95.1 cm³/mol. The fourth-order valence-corrected chi connectivity index (χ4v) is 3.77. The second-order valence-electron chi connectivity index (χ2n) is 5.71. The Morgan fingerprint density at radius 1 is 1.25 bits per heavy atom. The summed E-state index contributed by atoms with van der Waals surface area (Å²) in [7, 11) is 3.24. The van der Waals surface area contributed by atoms with Gasteiger partial charge in [-0.15, -0.1) is 11.3 Å². The van der Waals surface area contributed by atoms with Crippen LogP contribution < -0.4 is 14.8 Å². The zero-order chi connectivity index (χ0) is 16.9. The molecule has 128 valence electrons. The van der Waals surface area contributed by atoms with Crippen molar-refractivity contribution in [2.45, 2.75) is 19.4 Å². The molecule has 1 N–H and O–H groups in total. The van der Waals surface area contributed by atoms with E-state index in [1.54, 1.807) is 25.6 Å². The van der Waals surface area contributed by atoms with Crippen molar-refractivity contribution in [1.82, 2.24) is 10.2 Å². The number of amides is 2. The van der Waals surface area contributed by atoms with Gasteiger partial charge in [-0.2, -0.15) is 0 Å². The largest absolute Gasteiger partial charge is 0.493 e. The van der Waals surface area contributed by atoms with Crippen molar-refractivity contribution in [3.63, 3.8) is 0 Å². The number of nitrogens with zero attached hydrogens (tertiary/aromatic N) is 1. The number of thiophene rings is 1. The van der Waals surface area contributed by atoms with Gasteiger partial charge >= 0.3 is 6.03 Å². The normalized spacial score (nSPS) is 13.3. The Morgan fingerprint density at radius 2 is 2.08 bits per heavy atom. The monoisotopic (exact) mass is 346 g/mol. The molecule has 0 saturated carbocycles. The summed E-state index contributed by atoms with van der Waals surface area (Å²) in [6, 6.07) is 7.95. The van der Waals surface area contributed by atoms with Gasteiger partial charge in [-0.05, 0) is 47.5 Å². The third-order valence-corrected chi connectivity index (χ3v) is 5.26. The molecule has 3 rings (SSSR count). The molecule has 24 heavy (non-hydrogen) atoms. The van der Waals surface area contributed by atoms with E-state index >= 15 is 0 Å². The van der Waals surface area contributed by atoms with Gasteiger partial charge in [0.25, 0.3) is 0 Å². The summed E-state index contributed by atoms with van der Waals surface area (Å²) in [5, 5.41) is 5.11. The first-order valence-corrected chi connectivity index (χ1v) is 8.88. The number of nitrogens with one attached hydrogen (secondary N) is 1. The number of urea groups is 1. The number of hydrogen-bond acceptors (Lipinski definition) is 4. The smallest absolute Gasteiger partial charge is 0.317 e. The van der Waals surface area contributed by atoms with Gasteiger partial charge in [-0.25, -0.2) is 4.79 Å². The number of fused-ring (bicyclic) bond motifs is 1. The first-order chi connectivity index (χ1) is 11.7. The Morgan fingerprint density at radius 3 is 2.88 bits per heavy atom. The summed E-state index contributed by atoms with van der Waals surface area (Å²) in [4.78, 5) is 15.6. The zero-order valence-electron chi connectivity index (χ0n) is 14.0. The summed E-state index contributed by atoms with van der Waals surface area (Å²) in [6.07, 6.45) is 1.71. The molecule has 2 amide bonds. The molecule has 0 aliphatic carbocycles. The maximum atomic E-state index is 12.3. The number of methoxy groups -OCH3 is 2. The molecule has 0 bridgehead atoms. The predicted octanol–water partition coefficient (Wildman–Crippen LogP) is 3.08. The fraction of sp³-hybridized carbons (Fsp3) is 0.389. The number of ether oxygens (including phenoxy) is 2. The molecule has 1 aromatic heterocycles. The van der Waals surface area contributed by atoms with Crippen molar-refractivity contribution in [3.8, 4) is 11.5 Å². The van der Waals surface area contributed by atoms with E-state index in [1.807, 2.05) is 23.1 Å². The Balaban J connectivity index is 1.50. The third kappa shape index (κ3) is 3.64. The van der Waals surface area contributed by atoms with Gasteiger partial charge in [-0.1, -0.05) is 6.07 Å². The van der Waals surface area contributed by atoms with Crippen molar-refractivity contribution >= 4 is 17.4 Å². The average Bonchev–Trinajstić information content (AvgIpc) is 3.09. The molecule has 5 nitrogen and oxygen atoms in total. The van der Waals surface area contributed by atoms with Crippen molar-refractivity contribution in [2.75, 3.05) is 27.3 Å². The standard InChI is InChI=1S/C18H22N2O3S/c1-22-15-4-3-13(11-16(15)23-2)5-8-19-18(21)20-9-6-17-14(12-20)7-10-24-17/h3-4,7,10-11H,5-6,8-9,12H2,1-2H3,(H,19,21). The Labute approximate surface area is 146 Å². The van der Waals surface area contributed by atoms with Crippen molar-refractivity contribution in [1.29, 1.82) is 0 Å². The van der Waals surface area contributed by atoms with E-state index in [9.17, 15) is 4.79 Å². The number of carbonyl (C=O) groups excluding carboxylic acids is 1. The Kier molecular flexibility index (Phi) is 5.25. The van der Waals surface area contributed by atoms with Gasteiger partial charge in [0.05, 0.1) is 14.2 Å². The van der Waals surface area contributed by atoms with Gasteiger partial charge in [0.15, 0.2) is 11.5 Å². The van der Waals surface area contributed by atoms with Crippen LogP contribution in [0.2, 0.25) is 0 Å². The van der Waals surface area contributed by atoms with Crippen LogP contribution in [0.3, 0.4) is 0 Å². The maximum Gasteiger partial charge on any atom is 0.317 e. The minimum Gasteiger partial charge on any atom is -0.493 e. The summed E-state index contributed by atoms with van der Waals surface area (Å²) in [5.41, 5.74) is 2.38. The minimum atomic E-state index is 0.00678. The van der Waals surface area contributed by atoms with Crippen molar-refractivity contribution in [2.24, 2.45) is 0 Å². The molecule has 0 radical (unpaired) electrons. The maximum absolute atomic E-state index is 12.3. The molecular weight excluding hydrogens is 324 g/mol. The first-order valence-electron chi connectivity index (χ1n) is 8.00. The molecule has 2 heterocycles. The van der Waals surface area contributed by atoms with Crippen LogP contribution in [0.1, 0.15) is 16.0 Å². The zero-order valence-corrected chi connectivity index (χ0v) is 14.8. The molecule has 0 saturated heterocycles. The lowest BCUT2D eigenvalue weighted by Gasteiger charge is -2.27. The molecular formula is C18H22N2O3S. The van der Waals surface area contributed by atoms with E-state index in [0.29, 0.717) is 24.6 Å². The molecule has 2 aromatic rings. The Hall–Kier alpha value is -2.21. The van der Waals surface area contributed by atoms with Gasteiger partial charge in [0.2, 0.25) is 0 Å². The van der Waals surface area contributed by atoms with Crippen LogP contribution in [0.5, 0.6) is 11.5 Å². The number of benzene rings is 1. The van der Waals surface area contributed by atoms with E-state index in [0.717, 1.165) is 24.9 Å².